The van der Waals surface area contributed by atoms with Gasteiger partial charge in [0, 0.05) is 11.5 Å². The molecule has 0 bridgehead atoms. The Balaban J connectivity index is 1.62. The van der Waals surface area contributed by atoms with Crippen LogP contribution >= 0.6 is 31.9 Å². The van der Waals surface area contributed by atoms with Gasteiger partial charge in [-0.05, 0) is 52.5 Å². The van der Waals surface area contributed by atoms with Crippen molar-refractivity contribution < 1.29 is 4.74 Å². The average Bonchev–Trinajstić information content (AvgIpc) is 3.16. The number of aromatic nitrogens is 2. The standard InChI is InChI=1S/C16H18Br2N2O/c17-10-12-5-6-16(15(18)9-12)21-11-13-7-8-20(19-13)14-3-1-2-4-14/h5-9,14H,1-4,10-11H2. The lowest BCUT2D eigenvalue weighted by molar-refractivity contribution is 0.296. The number of nitrogens with zero attached hydrogens (tertiary/aromatic N) is 2. The molecule has 0 spiro atoms. The van der Waals surface area contributed by atoms with Crippen molar-refractivity contribution in [1.29, 1.82) is 0 Å². The molecule has 1 aliphatic rings. The fraction of sp³-hybridized carbons (Fsp3) is 0.438. The molecule has 0 unspecified atom stereocenters. The van der Waals surface area contributed by atoms with E-state index in [1.165, 1.54) is 31.2 Å². The van der Waals surface area contributed by atoms with Gasteiger partial charge in [-0.2, -0.15) is 5.10 Å². The number of hydrogen-bond acceptors (Lipinski definition) is 2. The average molecular weight is 414 g/mol. The first-order chi connectivity index (χ1) is 10.3. The second-order valence-corrected chi connectivity index (χ2v) is 6.83. The summed E-state index contributed by atoms with van der Waals surface area (Å²) >= 11 is 7.00. The number of alkyl halides is 1. The van der Waals surface area contributed by atoms with Crippen molar-refractivity contribution in [3.8, 4) is 5.75 Å². The molecule has 5 heteroatoms. The Kier molecular flexibility index (Phi) is 5.01. The van der Waals surface area contributed by atoms with Crippen LogP contribution in [0.3, 0.4) is 0 Å². The quantitative estimate of drug-likeness (QED) is 0.627. The van der Waals surface area contributed by atoms with Gasteiger partial charge in [0.1, 0.15) is 12.4 Å². The van der Waals surface area contributed by atoms with Crippen LogP contribution in [0, 0.1) is 0 Å². The van der Waals surface area contributed by atoms with Crippen LogP contribution in [0.15, 0.2) is 34.9 Å². The van der Waals surface area contributed by atoms with Crippen molar-refractivity contribution in [2.75, 3.05) is 0 Å². The van der Waals surface area contributed by atoms with E-state index in [0.29, 0.717) is 12.6 Å². The molecular formula is C16H18Br2N2O. The maximum atomic E-state index is 5.86. The Bertz CT molecular complexity index is 606. The van der Waals surface area contributed by atoms with Crippen LogP contribution in [0.4, 0.5) is 0 Å². The summed E-state index contributed by atoms with van der Waals surface area (Å²) in [6.07, 6.45) is 7.23. The molecule has 21 heavy (non-hydrogen) atoms. The van der Waals surface area contributed by atoms with Gasteiger partial charge in [0.25, 0.3) is 0 Å². The van der Waals surface area contributed by atoms with E-state index in [4.69, 9.17) is 4.74 Å². The van der Waals surface area contributed by atoms with Crippen molar-refractivity contribution in [1.82, 2.24) is 9.78 Å². The molecule has 3 rings (SSSR count). The van der Waals surface area contributed by atoms with E-state index in [1.807, 2.05) is 6.07 Å². The third-order valence-corrected chi connectivity index (χ3v) is 5.16. The lowest BCUT2D eigenvalue weighted by Crippen LogP contribution is -2.06. The van der Waals surface area contributed by atoms with Gasteiger partial charge in [0.05, 0.1) is 16.2 Å². The lowest BCUT2D eigenvalue weighted by atomic mass is 10.2. The van der Waals surface area contributed by atoms with Crippen LogP contribution in [0.1, 0.15) is 43.0 Å². The second kappa shape index (κ2) is 6.97. The summed E-state index contributed by atoms with van der Waals surface area (Å²) in [5, 5.41) is 5.48. The minimum atomic E-state index is 0.506. The molecular weight excluding hydrogens is 396 g/mol. The van der Waals surface area contributed by atoms with Gasteiger partial charge in [-0.3, -0.25) is 4.68 Å². The minimum absolute atomic E-state index is 0.506. The predicted octanol–water partition coefficient (Wildman–Crippen LogP) is 5.23. The molecule has 1 aliphatic carbocycles. The zero-order chi connectivity index (χ0) is 14.7. The van der Waals surface area contributed by atoms with Gasteiger partial charge < -0.3 is 4.74 Å². The van der Waals surface area contributed by atoms with Gasteiger partial charge in [0.15, 0.2) is 0 Å². The number of halogens is 2. The smallest absolute Gasteiger partial charge is 0.134 e. The van der Waals surface area contributed by atoms with Gasteiger partial charge in [0.2, 0.25) is 0 Å². The summed E-state index contributed by atoms with van der Waals surface area (Å²) < 4.78 is 8.95. The Morgan fingerprint density at radius 1 is 1.24 bits per heavy atom. The van der Waals surface area contributed by atoms with E-state index in [0.717, 1.165) is 21.2 Å². The highest BCUT2D eigenvalue weighted by atomic mass is 79.9. The molecule has 112 valence electrons. The number of hydrogen-bond donors (Lipinski definition) is 0. The summed E-state index contributed by atoms with van der Waals surface area (Å²) in [5.41, 5.74) is 2.21. The summed E-state index contributed by atoms with van der Waals surface area (Å²) in [7, 11) is 0. The zero-order valence-electron chi connectivity index (χ0n) is 11.8. The molecule has 1 saturated carbocycles. The van der Waals surface area contributed by atoms with Crippen LogP contribution in [0.2, 0.25) is 0 Å². The molecule has 1 aromatic carbocycles. The predicted molar refractivity (Wildman–Crippen MR) is 90.8 cm³/mol. The van der Waals surface area contributed by atoms with Gasteiger partial charge >= 0.3 is 0 Å². The van der Waals surface area contributed by atoms with Gasteiger partial charge in [-0.25, -0.2) is 0 Å². The molecule has 0 aliphatic heterocycles. The fourth-order valence-corrected chi connectivity index (χ4v) is 3.61. The van der Waals surface area contributed by atoms with E-state index in [2.05, 4.69) is 66.0 Å². The van der Waals surface area contributed by atoms with E-state index in [-0.39, 0.29) is 0 Å². The van der Waals surface area contributed by atoms with Crippen molar-refractivity contribution in [2.24, 2.45) is 0 Å². The van der Waals surface area contributed by atoms with Crippen LogP contribution < -0.4 is 4.74 Å². The number of ether oxygens (including phenoxy) is 1. The first-order valence-corrected chi connectivity index (χ1v) is 9.19. The number of benzene rings is 1. The second-order valence-electron chi connectivity index (χ2n) is 5.41. The molecule has 1 aromatic heterocycles. The molecule has 0 atom stereocenters. The molecule has 2 aromatic rings. The minimum Gasteiger partial charge on any atom is -0.486 e. The molecule has 1 fully saturated rings. The SMILES string of the molecule is BrCc1ccc(OCc2ccn(C3CCCC3)n2)c(Br)c1. The Morgan fingerprint density at radius 3 is 2.76 bits per heavy atom. The molecule has 0 saturated heterocycles. The van der Waals surface area contributed by atoms with E-state index >= 15 is 0 Å². The maximum absolute atomic E-state index is 5.86. The van der Waals surface area contributed by atoms with Crippen LogP contribution in [-0.4, -0.2) is 9.78 Å². The van der Waals surface area contributed by atoms with Gasteiger partial charge in [-0.1, -0.05) is 34.8 Å². The topological polar surface area (TPSA) is 27.1 Å². The van der Waals surface area contributed by atoms with E-state index in [9.17, 15) is 0 Å². The van der Waals surface area contributed by atoms with Crippen molar-refractivity contribution in [3.05, 3.63) is 46.2 Å². The molecule has 3 nitrogen and oxygen atoms in total. The Hall–Kier alpha value is -0.810. The van der Waals surface area contributed by atoms with Crippen molar-refractivity contribution in [3.63, 3.8) is 0 Å². The van der Waals surface area contributed by atoms with Crippen molar-refractivity contribution in [2.45, 2.75) is 43.7 Å². The third kappa shape index (κ3) is 3.69. The monoisotopic (exact) mass is 412 g/mol. The Labute approximate surface area is 141 Å². The zero-order valence-corrected chi connectivity index (χ0v) is 14.9. The summed E-state index contributed by atoms with van der Waals surface area (Å²) in [6, 6.07) is 8.77. The first-order valence-electron chi connectivity index (χ1n) is 7.27. The summed E-state index contributed by atoms with van der Waals surface area (Å²) in [6.45, 7) is 0.506. The summed E-state index contributed by atoms with van der Waals surface area (Å²) in [4.78, 5) is 0. The highest BCUT2D eigenvalue weighted by Crippen LogP contribution is 2.29. The number of rotatable bonds is 5. The Morgan fingerprint density at radius 2 is 2.05 bits per heavy atom. The van der Waals surface area contributed by atoms with E-state index < -0.39 is 0 Å². The maximum Gasteiger partial charge on any atom is 0.134 e. The van der Waals surface area contributed by atoms with Crippen LogP contribution in [0.5, 0.6) is 5.75 Å². The molecule has 1 heterocycles. The first kappa shape index (κ1) is 15.1. The molecule has 0 radical (unpaired) electrons. The fourth-order valence-electron chi connectivity index (χ4n) is 2.72. The third-order valence-electron chi connectivity index (χ3n) is 3.89. The highest BCUT2D eigenvalue weighted by molar-refractivity contribution is 9.10. The molecule has 0 amide bonds. The summed E-state index contributed by atoms with van der Waals surface area (Å²) in [5.74, 6) is 0.857. The van der Waals surface area contributed by atoms with E-state index in [1.54, 1.807) is 0 Å². The van der Waals surface area contributed by atoms with Crippen LogP contribution in [0.25, 0.3) is 0 Å². The molecule has 0 N–H and O–H groups in total. The van der Waals surface area contributed by atoms with Crippen molar-refractivity contribution >= 4 is 31.9 Å². The lowest BCUT2D eigenvalue weighted by Gasteiger charge is -2.10. The van der Waals surface area contributed by atoms with Gasteiger partial charge in [-0.15, -0.1) is 0 Å². The largest absolute Gasteiger partial charge is 0.486 e. The highest BCUT2D eigenvalue weighted by Gasteiger charge is 2.17. The normalized spacial score (nSPS) is 15.5. The van der Waals surface area contributed by atoms with Crippen LogP contribution in [-0.2, 0) is 11.9 Å².